The van der Waals surface area contributed by atoms with E-state index in [4.69, 9.17) is 0 Å². The van der Waals surface area contributed by atoms with Crippen molar-refractivity contribution >= 4 is 11.8 Å². The molecule has 0 aromatic heterocycles. The van der Waals surface area contributed by atoms with Gasteiger partial charge >= 0.3 is 18.1 Å². The van der Waals surface area contributed by atoms with Crippen molar-refractivity contribution in [3.8, 4) is 0 Å². The molecular formula is C27H29F5O4. The van der Waals surface area contributed by atoms with E-state index in [1.807, 2.05) is 0 Å². The van der Waals surface area contributed by atoms with Gasteiger partial charge in [0.05, 0.1) is 5.56 Å². The lowest BCUT2D eigenvalue weighted by atomic mass is 9.46. The number of alkyl halides is 5. The Kier molecular flexibility index (Phi) is 5.71. The maximum atomic E-state index is 15.0. The third-order valence-corrected chi connectivity index (χ3v) is 9.92. The summed E-state index contributed by atoms with van der Waals surface area (Å²) < 4.78 is 70.7. The highest BCUT2D eigenvalue weighted by Crippen LogP contribution is 2.71. The lowest BCUT2D eigenvalue weighted by Gasteiger charge is -2.59. The zero-order chi connectivity index (χ0) is 26.3. The summed E-state index contributed by atoms with van der Waals surface area (Å²) in [6, 6.07) is 6.04. The minimum absolute atomic E-state index is 0.00645. The Labute approximate surface area is 205 Å². The van der Waals surface area contributed by atoms with Gasteiger partial charge in [0.25, 0.3) is 0 Å². The number of allylic oxidation sites excluding steroid dienone is 1. The van der Waals surface area contributed by atoms with Gasteiger partial charge in [-0.1, -0.05) is 24.6 Å². The maximum Gasteiger partial charge on any atom is 0.456 e. The van der Waals surface area contributed by atoms with Gasteiger partial charge in [-0.3, -0.25) is 4.79 Å². The molecule has 1 aromatic rings. The first-order valence-electron chi connectivity index (χ1n) is 12.4. The summed E-state index contributed by atoms with van der Waals surface area (Å²) in [4.78, 5) is 23.5. The van der Waals surface area contributed by atoms with E-state index in [0.717, 1.165) is 5.57 Å². The van der Waals surface area contributed by atoms with Gasteiger partial charge in [-0.25, -0.2) is 4.79 Å². The third-order valence-electron chi connectivity index (χ3n) is 9.92. The highest BCUT2D eigenvalue weighted by Gasteiger charge is 2.79. The number of carboxylic acid groups (broad SMARTS) is 1. The zero-order valence-corrected chi connectivity index (χ0v) is 19.8. The first-order chi connectivity index (χ1) is 16.7. The SMILES string of the molecule is C[C@]12C[C@H](c3ccc(C(=O)O)cc3)[C@H]3[C@@H](CCC4=CC(=O)CC[C@@H]43)[C@@H]1CC[C@@]2(O)C(F)(F)C(F)(F)F. The van der Waals surface area contributed by atoms with Crippen LogP contribution in [0.1, 0.15) is 73.7 Å². The van der Waals surface area contributed by atoms with Crippen molar-refractivity contribution in [2.45, 2.75) is 75.5 Å². The van der Waals surface area contributed by atoms with Crippen LogP contribution in [0.4, 0.5) is 22.0 Å². The Balaban J connectivity index is 1.63. The van der Waals surface area contributed by atoms with Crippen LogP contribution in [0.15, 0.2) is 35.9 Å². The number of carbonyl (C=O) groups is 2. The first-order valence-corrected chi connectivity index (χ1v) is 12.4. The third kappa shape index (κ3) is 3.41. The summed E-state index contributed by atoms with van der Waals surface area (Å²) >= 11 is 0. The van der Waals surface area contributed by atoms with Crippen LogP contribution in [0.25, 0.3) is 0 Å². The molecule has 0 bridgehead atoms. The molecule has 4 nitrogen and oxygen atoms in total. The molecule has 5 rings (SSSR count). The van der Waals surface area contributed by atoms with Gasteiger partial charge in [-0.05, 0) is 91.9 Å². The number of hydrogen-bond acceptors (Lipinski definition) is 3. The smallest absolute Gasteiger partial charge is 0.456 e. The Morgan fingerprint density at radius 1 is 1.00 bits per heavy atom. The number of aliphatic hydroxyl groups is 1. The van der Waals surface area contributed by atoms with Crippen LogP contribution in [-0.4, -0.2) is 39.7 Å². The van der Waals surface area contributed by atoms with Gasteiger partial charge in [-0.2, -0.15) is 22.0 Å². The van der Waals surface area contributed by atoms with Gasteiger partial charge < -0.3 is 10.2 Å². The molecule has 2 N–H and O–H groups in total. The number of rotatable bonds is 3. The molecule has 7 atom stereocenters. The maximum absolute atomic E-state index is 15.0. The largest absolute Gasteiger partial charge is 0.478 e. The summed E-state index contributed by atoms with van der Waals surface area (Å²) in [5, 5.41) is 20.5. The molecule has 1 aromatic carbocycles. The summed E-state index contributed by atoms with van der Waals surface area (Å²) in [6.07, 6.45) is -2.75. The fourth-order valence-corrected chi connectivity index (χ4v) is 8.28. The Morgan fingerprint density at radius 2 is 1.67 bits per heavy atom. The average molecular weight is 513 g/mol. The van der Waals surface area contributed by atoms with Crippen LogP contribution >= 0.6 is 0 Å². The number of fused-ring (bicyclic) bond motifs is 5. The van der Waals surface area contributed by atoms with Crippen LogP contribution in [0.5, 0.6) is 0 Å². The standard InChI is InChI=1S/C27H29F5O4/c1-24-13-20(14-2-4-15(5-3-14)23(34)35)22-18-9-7-17(33)12-16(18)6-8-19(22)21(24)10-11-25(24,36)26(28,29)27(30,31)32/h2-5,12,18-22,36H,6-11,13H2,1H3,(H,34,35)/t18-,19-,20+,21-,22+,24-,25-/m0/s1. The Hall–Kier alpha value is -2.29. The van der Waals surface area contributed by atoms with E-state index in [0.29, 0.717) is 31.2 Å². The second kappa shape index (κ2) is 8.10. The predicted octanol–water partition coefficient (Wildman–Crippen LogP) is 6.15. The normalized spacial score (nSPS) is 38.6. The van der Waals surface area contributed by atoms with Gasteiger partial charge in [0.1, 0.15) is 5.60 Å². The quantitative estimate of drug-likeness (QED) is 0.477. The van der Waals surface area contributed by atoms with Gasteiger partial charge in [0.15, 0.2) is 5.78 Å². The molecule has 4 aliphatic carbocycles. The van der Waals surface area contributed by atoms with Crippen LogP contribution in [0.2, 0.25) is 0 Å². The molecule has 4 aliphatic rings. The molecule has 0 spiro atoms. The molecule has 0 amide bonds. The lowest BCUT2D eigenvalue weighted by Crippen LogP contribution is -2.66. The van der Waals surface area contributed by atoms with Crippen molar-refractivity contribution in [1.82, 2.24) is 0 Å². The molecule has 0 saturated heterocycles. The van der Waals surface area contributed by atoms with E-state index >= 15 is 0 Å². The lowest BCUT2D eigenvalue weighted by molar-refractivity contribution is -0.364. The van der Waals surface area contributed by atoms with Crippen molar-refractivity contribution < 1.29 is 41.8 Å². The van der Waals surface area contributed by atoms with Crippen molar-refractivity contribution in [2.75, 3.05) is 0 Å². The van der Waals surface area contributed by atoms with Crippen molar-refractivity contribution in [1.29, 1.82) is 0 Å². The molecule has 196 valence electrons. The van der Waals surface area contributed by atoms with Crippen molar-refractivity contribution in [3.63, 3.8) is 0 Å². The second-order valence-corrected chi connectivity index (χ2v) is 11.3. The first kappa shape index (κ1) is 25.4. The average Bonchev–Trinajstić information content (AvgIpc) is 3.09. The summed E-state index contributed by atoms with van der Waals surface area (Å²) in [5.41, 5.74) is -3.22. The zero-order valence-electron chi connectivity index (χ0n) is 19.8. The van der Waals surface area contributed by atoms with E-state index < -0.39 is 47.3 Å². The Morgan fingerprint density at radius 3 is 2.28 bits per heavy atom. The molecule has 0 radical (unpaired) electrons. The van der Waals surface area contributed by atoms with Crippen molar-refractivity contribution in [2.24, 2.45) is 29.1 Å². The highest BCUT2D eigenvalue weighted by atomic mass is 19.4. The number of ketones is 1. The van der Waals surface area contributed by atoms with E-state index in [-0.39, 0.29) is 41.9 Å². The minimum atomic E-state index is -5.89. The Bertz CT molecular complexity index is 1110. The molecule has 3 saturated carbocycles. The van der Waals surface area contributed by atoms with Crippen molar-refractivity contribution in [3.05, 3.63) is 47.0 Å². The molecule has 0 aliphatic heterocycles. The summed E-state index contributed by atoms with van der Waals surface area (Å²) in [7, 11) is 0. The second-order valence-electron chi connectivity index (χ2n) is 11.3. The number of carboxylic acids is 1. The van der Waals surface area contributed by atoms with E-state index in [1.54, 1.807) is 18.2 Å². The van der Waals surface area contributed by atoms with E-state index in [2.05, 4.69) is 0 Å². The molecule has 0 heterocycles. The van der Waals surface area contributed by atoms with Crippen LogP contribution in [-0.2, 0) is 4.79 Å². The molecule has 3 fully saturated rings. The number of carbonyl (C=O) groups excluding carboxylic acids is 1. The molecule has 36 heavy (non-hydrogen) atoms. The van der Waals surface area contributed by atoms with Crippen LogP contribution in [0.3, 0.4) is 0 Å². The number of halogens is 5. The summed E-state index contributed by atoms with van der Waals surface area (Å²) in [6.45, 7) is 1.38. The van der Waals surface area contributed by atoms with E-state index in [9.17, 15) is 41.8 Å². The fourth-order valence-electron chi connectivity index (χ4n) is 8.28. The number of benzene rings is 1. The van der Waals surface area contributed by atoms with Crippen LogP contribution in [0, 0.1) is 29.1 Å². The van der Waals surface area contributed by atoms with Gasteiger partial charge in [0.2, 0.25) is 0 Å². The van der Waals surface area contributed by atoms with Crippen LogP contribution < -0.4 is 0 Å². The minimum Gasteiger partial charge on any atom is -0.478 e. The van der Waals surface area contributed by atoms with Gasteiger partial charge in [0, 0.05) is 11.8 Å². The molecule has 9 heteroatoms. The molecular weight excluding hydrogens is 483 g/mol. The van der Waals surface area contributed by atoms with Gasteiger partial charge in [-0.15, -0.1) is 0 Å². The monoisotopic (exact) mass is 512 g/mol. The topological polar surface area (TPSA) is 74.6 Å². The predicted molar refractivity (Wildman–Crippen MR) is 120 cm³/mol. The van der Waals surface area contributed by atoms with E-state index in [1.165, 1.54) is 19.1 Å². The summed E-state index contributed by atoms with van der Waals surface area (Å²) in [5.74, 6) is -7.61. The molecule has 0 unspecified atom stereocenters. The number of hydrogen-bond donors (Lipinski definition) is 2. The number of aromatic carboxylic acids is 1. The fraction of sp³-hybridized carbons (Fsp3) is 0.630. The highest BCUT2D eigenvalue weighted by molar-refractivity contribution is 5.91.